The van der Waals surface area contributed by atoms with Crippen LogP contribution in [0.25, 0.3) is 5.57 Å². The smallest absolute Gasteiger partial charge is 0.0923 e. The highest BCUT2D eigenvalue weighted by atomic mass is 16.3. The summed E-state index contributed by atoms with van der Waals surface area (Å²) in [5.74, 6) is 0.687. The number of hydrogen-bond donors (Lipinski definition) is 1. The van der Waals surface area contributed by atoms with Crippen LogP contribution in [-0.2, 0) is 13.0 Å². The van der Waals surface area contributed by atoms with Crippen LogP contribution >= 0.6 is 0 Å². The summed E-state index contributed by atoms with van der Waals surface area (Å²) in [6, 6.07) is 17.4. The van der Waals surface area contributed by atoms with Gasteiger partial charge in [0.15, 0.2) is 0 Å². The molecule has 0 amide bonds. The van der Waals surface area contributed by atoms with Crippen LogP contribution in [0.1, 0.15) is 53.9 Å². The summed E-state index contributed by atoms with van der Waals surface area (Å²) in [7, 11) is 0. The van der Waals surface area contributed by atoms with Crippen molar-refractivity contribution in [2.75, 3.05) is 13.1 Å². The van der Waals surface area contributed by atoms with E-state index in [1.807, 2.05) is 0 Å². The van der Waals surface area contributed by atoms with Gasteiger partial charge in [-0.05, 0) is 65.8 Å². The fraction of sp³-hybridized carbons (Fsp3) is 0.417. The highest BCUT2D eigenvalue weighted by Gasteiger charge is 2.40. The minimum atomic E-state index is -0.657. The molecule has 1 atom stereocenters. The van der Waals surface area contributed by atoms with E-state index in [0.29, 0.717) is 5.92 Å². The van der Waals surface area contributed by atoms with Gasteiger partial charge in [0, 0.05) is 19.6 Å². The van der Waals surface area contributed by atoms with E-state index in [4.69, 9.17) is 0 Å². The third-order valence-electron chi connectivity index (χ3n) is 6.70. The molecule has 1 aliphatic heterocycles. The van der Waals surface area contributed by atoms with Crippen LogP contribution in [0.3, 0.4) is 0 Å². The molecule has 2 aliphatic carbocycles. The number of aliphatic hydroxyl groups is 1. The number of piperidine rings is 1. The average Bonchev–Trinajstić information content (AvgIpc) is 3.10. The molecule has 1 fully saturated rings. The van der Waals surface area contributed by atoms with Gasteiger partial charge in [-0.25, -0.2) is 0 Å². The van der Waals surface area contributed by atoms with Gasteiger partial charge in [-0.15, -0.1) is 0 Å². The van der Waals surface area contributed by atoms with Gasteiger partial charge in [0.25, 0.3) is 0 Å². The molecule has 2 nitrogen and oxygen atoms in total. The highest BCUT2D eigenvalue weighted by Crippen LogP contribution is 2.48. The Morgan fingerprint density at radius 2 is 1.81 bits per heavy atom. The van der Waals surface area contributed by atoms with Crippen LogP contribution in [0.2, 0.25) is 0 Å². The molecule has 2 aromatic carbocycles. The molecular formula is C24H27NO. The Morgan fingerprint density at radius 1 is 1.00 bits per heavy atom. The van der Waals surface area contributed by atoms with Gasteiger partial charge >= 0.3 is 0 Å². The second kappa shape index (κ2) is 6.37. The number of likely N-dealkylation sites (tertiary alicyclic amines) is 1. The summed E-state index contributed by atoms with van der Waals surface area (Å²) in [4.78, 5) is 2.48. The molecule has 0 bridgehead atoms. The first kappa shape index (κ1) is 16.3. The molecule has 1 saturated heterocycles. The van der Waals surface area contributed by atoms with Crippen molar-refractivity contribution in [1.29, 1.82) is 0 Å². The zero-order valence-electron chi connectivity index (χ0n) is 15.3. The summed E-state index contributed by atoms with van der Waals surface area (Å²) in [6.45, 7) is 2.90. The van der Waals surface area contributed by atoms with Gasteiger partial charge in [0.2, 0.25) is 0 Å². The molecule has 1 unspecified atom stereocenters. The molecule has 0 radical (unpaired) electrons. The van der Waals surface area contributed by atoms with E-state index >= 15 is 0 Å². The number of benzene rings is 2. The predicted molar refractivity (Wildman–Crippen MR) is 106 cm³/mol. The molecule has 0 spiro atoms. The molecule has 0 aromatic heterocycles. The zero-order valence-corrected chi connectivity index (χ0v) is 15.3. The van der Waals surface area contributed by atoms with Crippen molar-refractivity contribution in [2.24, 2.45) is 0 Å². The molecule has 2 heteroatoms. The van der Waals surface area contributed by atoms with Crippen LogP contribution < -0.4 is 0 Å². The molecule has 1 N–H and O–H groups in total. The standard InChI is InChI=1S/C24H27NO/c26-24(13-15-25(16-14-24)17-18-5-2-1-3-6-18)22-12-11-20-10-9-19-7-4-8-21(22)23(19)20/h1-8,12,20,26H,9-11,13-17H2. The maximum absolute atomic E-state index is 11.5. The van der Waals surface area contributed by atoms with Gasteiger partial charge < -0.3 is 5.11 Å². The Hall–Kier alpha value is -1.90. The second-order valence-electron chi connectivity index (χ2n) is 8.26. The maximum Gasteiger partial charge on any atom is 0.0923 e. The molecule has 0 saturated carbocycles. The fourth-order valence-corrected chi connectivity index (χ4v) is 5.26. The first-order chi connectivity index (χ1) is 12.7. The van der Waals surface area contributed by atoms with E-state index in [0.717, 1.165) is 38.9 Å². The molecule has 2 aromatic rings. The van der Waals surface area contributed by atoms with Crippen LogP contribution in [0.5, 0.6) is 0 Å². The first-order valence-corrected chi connectivity index (χ1v) is 10.0. The highest BCUT2D eigenvalue weighted by molar-refractivity contribution is 5.78. The van der Waals surface area contributed by atoms with Crippen LogP contribution in [-0.4, -0.2) is 28.7 Å². The van der Waals surface area contributed by atoms with Crippen molar-refractivity contribution in [3.05, 3.63) is 76.9 Å². The van der Waals surface area contributed by atoms with Gasteiger partial charge in [-0.2, -0.15) is 0 Å². The topological polar surface area (TPSA) is 23.5 Å². The summed E-state index contributed by atoms with van der Waals surface area (Å²) < 4.78 is 0. The van der Waals surface area contributed by atoms with Gasteiger partial charge in [-0.1, -0.05) is 54.6 Å². The Kier molecular flexibility index (Phi) is 3.99. The van der Waals surface area contributed by atoms with Crippen molar-refractivity contribution in [1.82, 2.24) is 4.90 Å². The Morgan fingerprint density at radius 3 is 2.62 bits per heavy atom. The summed E-state index contributed by atoms with van der Waals surface area (Å²) >= 11 is 0. The van der Waals surface area contributed by atoms with E-state index < -0.39 is 5.60 Å². The van der Waals surface area contributed by atoms with Crippen LogP contribution in [0.4, 0.5) is 0 Å². The summed E-state index contributed by atoms with van der Waals surface area (Å²) in [6.07, 6.45) is 7.61. The van der Waals surface area contributed by atoms with E-state index in [9.17, 15) is 5.11 Å². The normalized spacial score (nSPS) is 24.2. The minimum Gasteiger partial charge on any atom is -0.385 e. The Bertz CT molecular complexity index is 831. The van der Waals surface area contributed by atoms with Crippen LogP contribution in [0.15, 0.2) is 54.6 Å². The van der Waals surface area contributed by atoms with Crippen molar-refractivity contribution < 1.29 is 5.11 Å². The number of hydrogen-bond acceptors (Lipinski definition) is 2. The van der Waals surface area contributed by atoms with E-state index in [1.54, 1.807) is 5.56 Å². The average molecular weight is 345 g/mol. The molecule has 5 rings (SSSR count). The number of rotatable bonds is 3. The Balaban J connectivity index is 1.35. The Labute approximate surface area is 156 Å². The SMILES string of the molecule is OC1(C2=CCC3CCc4cccc2c43)CCN(Cc2ccccc2)CC1. The zero-order chi connectivity index (χ0) is 17.6. The maximum atomic E-state index is 11.5. The van der Waals surface area contributed by atoms with Gasteiger partial charge in [0.05, 0.1) is 5.60 Å². The molecule has 3 aliphatic rings. The third kappa shape index (κ3) is 2.72. The number of nitrogens with zero attached hydrogens (tertiary/aromatic N) is 1. The van der Waals surface area contributed by atoms with Gasteiger partial charge in [0.1, 0.15) is 0 Å². The van der Waals surface area contributed by atoms with Gasteiger partial charge in [-0.3, -0.25) is 4.90 Å². The van der Waals surface area contributed by atoms with Crippen molar-refractivity contribution in [3.8, 4) is 0 Å². The quantitative estimate of drug-likeness (QED) is 0.883. The lowest BCUT2D eigenvalue weighted by Gasteiger charge is -2.41. The van der Waals surface area contributed by atoms with Crippen molar-refractivity contribution >= 4 is 5.57 Å². The molecule has 26 heavy (non-hydrogen) atoms. The number of aryl methyl sites for hydroxylation is 1. The first-order valence-electron chi connectivity index (χ1n) is 10.0. The predicted octanol–water partition coefficient (Wildman–Crippen LogP) is 4.53. The fourth-order valence-electron chi connectivity index (χ4n) is 5.26. The summed E-state index contributed by atoms with van der Waals surface area (Å²) in [5.41, 5.74) is 6.32. The lowest BCUT2D eigenvalue weighted by Crippen LogP contribution is -2.45. The monoisotopic (exact) mass is 345 g/mol. The second-order valence-corrected chi connectivity index (χ2v) is 8.26. The van der Waals surface area contributed by atoms with Crippen LogP contribution in [0, 0.1) is 0 Å². The lowest BCUT2D eigenvalue weighted by molar-refractivity contribution is 0.0247. The summed E-state index contributed by atoms with van der Waals surface area (Å²) in [5, 5.41) is 11.5. The van der Waals surface area contributed by atoms with E-state index in [-0.39, 0.29) is 0 Å². The molecule has 1 heterocycles. The van der Waals surface area contributed by atoms with E-state index in [1.165, 1.54) is 35.1 Å². The third-order valence-corrected chi connectivity index (χ3v) is 6.70. The largest absolute Gasteiger partial charge is 0.385 e. The van der Waals surface area contributed by atoms with Crippen molar-refractivity contribution in [3.63, 3.8) is 0 Å². The van der Waals surface area contributed by atoms with E-state index in [2.05, 4.69) is 59.5 Å². The van der Waals surface area contributed by atoms with Crippen molar-refractivity contribution in [2.45, 2.75) is 50.2 Å². The lowest BCUT2D eigenvalue weighted by atomic mass is 9.74. The molecule has 134 valence electrons. The number of allylic oxidation sites excluding steroid dienone is 1. The molecular weight excluding hydrogens is 318 g/mol. The minimum absolute atomic E-state index is 0.657.